The summed E-state index contributed by atoms with van der Waals surface area (Å²) in [6.07, 6.45) is 1.84. The highest BCUT2D eigenvalue weighted by atomic mass is 79.9. The van der Waals surface area contributed by atoms with Crippen molar-refractivity contribution in [2.75, 3.05) is 6.61 Å². The van der Waals surface area contributed by atoms with Crippen molar-refractivity contribution in [1.29, 1.82) is 0 Å². The monoisotopic (exact) mass is 539 g/mol. The van der Waals surface area contributed by atoms with Gasteiger partial charge in [-0.25, -0.2) is 4.79 Å². The Balaban J connectivity index is 1.63. The predicted molar refractivity (Wildman–Crippen MR) is 128 cm³/mol. The van der Waals surface area contributed by atoms with Crippen LogP contribution in [-0.2, 0) is 30.4 Å². The zero-order valence-corrected chi connectivity index (χ0v) is 21.2. The number of hydrogen-bond acceptors (Lipinski definition) is 6. The maximum atomic E-state index is 12.6. The highest BCUT2D eigenvalue weighted by molar-refractivity contribution is 9.10. The molecule has 3 atom stereocenters. The molecule has 2 aromatic carbocycles. The van der Waals surface area contributed by atoms with Crippen molar-refractivity contribution in [2.24, 2.45) is 5.92 Å². The normalized spacial score (nSPS) is 21.8. The molecule has 1 fully saturated rings. The number of nitrogens with one attached hydrogen (secondary N) is 1. The van der Waals surface area contributed by atoms with E-state index in [2.05, 4.69) is 21.2 Å². The molecule has 180 valence electrons. The number of carbonyl (C=O) groups excluding carboxylic acids is 1. The van der Waals surface area contributed by atoms with Crippen molar-refractivity contribution in [3.63, 3.8) is 0 Å². The quantitative estimate of drug-likeness (QED) is 0.448. The zero-order chi connectivity index (χ0) is 23.8. The van der Waals surface area contributed by atoms with E-state index in [9.17, 15) is 13.2 Å². The molecule has 9 heteroatoms. The van der Waals surface area contributed by atoms with Crippen LogP contribution in [0.5, 0.6) is 0 Å². The molecular formula is C24H30BrNO6S. The Bertz CT molecular complexity index is 989. The molecule has 7 nitrogen and oxygen atoms in total. The first kappa shape index (κ1) is 25.7. The van der Waals surface area contributed by atoms with Crippen molar-refractivity contribution in [3.05, 3.63) is 64.6 Å². The fourth-order valence-electron chi connectivity index (χ4n) is 4.08. The van der Waals surface area contributed by atoms with Crippen LogP contribution in [0.2, 0.25) is 0 Å². The standard InChI is InChI=1S/C24H30BrNO6S/c1-17-12-20(13-18(2)32-17)14-22(26-24(27)30-15-19-6-4-3-5-7-19)16-31-33(28,29)23-10-8-21(25)9-11-23/h3-11,17-18,20,22H,12-16H2,1-2H3,(H,26,27)/t17-,18-,22+/m1/s1. The second-order valence-electron chi connectivity index (χ2n) is 8.43. The summed E-state index contributed by atoms with van der Waals surface area (Å²) in [5.74, 6) is 0.266. The minimum atomic E-state index is -3.96. The van der Waals surface area contributed by atoms with E-state index in [0.717, 1.165) is 22.9 Å². The van der Waals surface area contributed by atoms with Crippen LogP contribution in [0, 0.1) is 5.92 Å². The van der Waals surface area contributed by atoms with Gasteiger partial charge in [-0.05, 0) is 68.9 Å². The van der Waals surface area contributed by atoms with E-state index in [-0.39, 0.29) is 36.2 Å². The van der Waals surface area contributed by atoms with E-state index in [4.69, 9.17) is 13.7 Å². The highest BCUT2D eigenvalue weighted by Gasteiger charge is 2.29. The van der Waals surface area contributed by atoms with Gasteiger partial charge in [-0.1, -0.05) is 46.3 Å². The van der Waals surface area contributed by atoms with Crippen molar-refractivity contribution in [3.8, 4) is 0 Å². The number of amides is 1. The molecule has 0 bridgehead atoms. The van der Waals surface area contributed by atoms with Gasteiger partial charge < -0.3 is 14.8 Å². The molecule has 0 aromatic heterocycles. The van der Waals surface area contributed by atoms with Crippen LogP contribution in [0.15, 0.2) is 64.0 Å². The van der Waals surface area contributed by atoms with Crippen LogP contribution in [0.3, 0.4) is 0 Å². The van der Waals surface area contributed by atoms with Crippen molar-refractivity contribution in [2.45, 2.75) is 62.9 Å². The second kappa shape index (κ2) is 12.0. The minimum Gasteiger partial charge on any atom is -0.445 e. The summed E-state index contributed by atoms with van der Waals surface area (Å²) in [7, 11) is -3.96. The molecule has 1 heterocycles. The lowest BCUT2D eigenvalue weighted by molar-refractivity contribution is -0.0554. The van der Waals surface area contributed by atoms with Gasteiger partial charge in [0.15, 0.2) is 0 Å². The number of ether oxygens (including phenoxy) is 2. The summed E-state index contributed by atoms with van der Waals surface area (Å²) >= 11 is 3.29. The summed E-state index contributed by atoms with van der Waals surface area (Å²) in [4.78, 5) is 12.5. The van der Waals surface area contributed by atoms with Crippen LogP contribution in [0.1, 0.15) is 38.7 Å². The Kier molecular flexibility index (Phi) is 9.31. The van der Waals surface area contributed by atoms with Gasteiger partial charge in [0.25, 0.3) is 10.1 Å². The number of alkyl carbamates (subject to hydrolysis) is 1. The maximum Gasteiger partial charge on any atom is 0.407 e. The lowest BCUT2D eigenvalue weighted by Gasteiger charge is -2.34. The first-order valence-corrected chi connectivity index (χ1v) is 13.2. The molecule has 3 rings (SSSR count). The molecule has 1 N–H and O–H groups in total. The lowest BCUT2D eigenvalue weighted by Crippen LogP contribution is -2.42. The smallest absolute Gasteiger partial charge is 0.407 e. The van der Waals surface area contributed by atoms with Gasteiger partial charge in [-0.15, -0.1) is 0 Å². The van der Waals surface area contributed by atoms with E-state index in [1.54, 1.807) is 12.1 Å². The number of rotatable bonds is 9. The molecule has 1 aliphatic rings. The van der Waals surface area contributed by atoms with E-state index in [0.29, 0.717) is 6.42 Å². The number of benzene rings is 2. The Labute approximate surface area is 204 Å². The van der Waals surface area contributed by atoms with Gasteiger partial charge in [-0.2, -0.15) is 8.42 Å². The largest absolute Gasteiger partial charge is 0.445 e. The third-order valence-electron chi connectivity index (χ3n) is 5.47. The van der Waals surface area contributed by atoms with Gasteiger partial charge in [0, 0.05) is 4.47 Å². The molecule has 0 saturated carbocycles. The Hall–Kier alpha value is -1.94. The molecule has 0 unspecified atom stereocenters. The molecule has 0 aliphatic carbocycles. The number of halogens is 1. The zero-order valence-electron chi connectivity index (χ0n) is 18.8. The molecule has 1 saturated heterocycles. The first-order valence-electron chi connectivity index (χ1n) is 11.0. The maximum absolute atomic E-state index is 12.6. The molecule has 1 aliphatic heterocycles. The SMILES string of the molecule is C[C@@H]1CC(C[C@@H](COS(=O)(=O)c2ccc(Br)cc2)NC(=O)OCc2ccccc2)C[C@@H](C)O1. The summed E-state index contributed by atoms with van der Waals surface area (Å²) in [5.41, 5.74) is 0.866. The van der Waals surface area contributed by atoms with E-state index in [1.807, 2.05) is 44.2 Å². The van der Waals surface area contributed by atoms with Crippen LogP contribution >= 0.6 is 15.9 Å². The topological polar surface area (TPSA) is 90.9 Å². The van der Waals surface area contributed by atoms with Gasteiger partial charge in [0.05, 0.1) is 29.8 Å². The summed E-state index contributed by atoms with van der Waals surface area (Å²) < 4.78 is 42.5. The van der Waals surface area contributed by atoms with Crippen molar-refractivity contribution >= 4 is 32.1 Å². The van der Waals surface area contributed by atoms with Crippen molar-refractivity contribution < 1.29 is 26.9 Å². The van der Waals surface area contributed by atoms with Crippen LogP contribution < -0.4 is 5.32 Å². The Morgan fingerprint density at radius 3 is 2.36 bits per heavy atom. The summed E-state index contributed by atoms with van der Waals surface area (Å²) in [5, 5.41) is 2.80. The van der Waals surface area contributed by atoms with Gasteiger partial charge in [-0.3, -0.25) is 4.18 Å². The fourth-order valence-corrected chi connectivity index (χ4v) is 5.29. The average molecular weight is 540 g/mol. The van der Waals surface area contributed by atoms with Crippen molar-refractivity contribution in [1.82, 2.24) is 5.32 Å². The summed E-state index contributed by atoms with van der Waals surface area (Å²) in [6, 6.07) is 15.0. The molecule has 2 aromatic rings. The molecular weight excluding hydrogens is 510 g/mol. The third kappa shape index (κ3) is 8.41. The van der Waals surface area contributed by atoms with E-state index < -0.39 is 22.3 Å². The van der Waals surface area contributed by atoms with Crippen LogP contribution in [-0.4, -0.2) is 39.4 Å². The van der Waals surface area contributed by atoms with E-state index >= 15 is 0 Å². The minimum absolute atomic E-state index is 0.0596. The van der Waals surface area contributed by atoms with Crippen LogP contribution in [0.25, 0.3) is 0 Å². The van der Waals surface area contributed by atoms with Crippen LogP contribution in [0.4, 0.5) is 4.79 Å². The molecule has 0 radical (unpaired) electrons. The third-order valence-corrected chi connectivity index (χ3v) is 7.30. The average Bonchev–Trinajstić information content (AvgIpc) is 2.76. The lowest BCUT2D eigenvalue weighted by atomic mass is 9.87. The highest BCUT2D eigenvalue weighted by Crippen LogP contribution is 2.28. The predicted octanol–water partition coefficient (Wildman–Crippen LogP) is 5.04. The second-order valence-corrected chi connectivity index (χ2v) is 11.0. The number of carbonyl (C=O) groups is 1. The molecule has 0 spiro atoms. The van der Waals surface area contributed by atoms with Gasteiger partial charge in [0.1, 0.15) is 6.61 Å². The van der Waals surface area contributed by atoms with E-state index in [1.165, 1.54) is 12.1 Å². The molecule has 33 heavy (non-hydrogen) atoms. The molecule has 1 amide bonds. The fraction of sp³-hybridized carbons (Fsp3) is 0.458. The summed E-state index contributed by atoms with van der Waals surface area (Å²) in [6.45, 7) is 3.99. The Morgan fingerprint density at radius 2 is 1.73 bits per heavy atom. The Morgan fingerprint density at radius 1 is 1.09 bits per heavy atom. The number of hydrogen-bond donors (Lipinski definition) is 1. The van der Waals surface area contributed by atoms with Gasteiger partial charge >= 0.3 is 6.09 Å². The first-order chi connectivity index (χ1) is 15.7. The van der Waals surface area contributed by atoms with Gasteiger partial charge in [0.2, 0.25) is 0 Å².